The molecule has 11 nitrogen and oxygen atoms in total. The van der Waals surface area contributed by atoms with Crippen molar-refractivity contribution in [3.8, 4) is 17.2 Å². The van der Waals surface area contributed by atoms with Gasteiger partial charge in [-0.1, -0.05) is 29.8 Å². The van der Waals surface area contributed by atoms with Crippen LogP contribution in [-0.2, 0) is 20.7 Å². The van der Waals surface area contributed by atoms with Crippen LogP contribution in [0.1, 0.15) is 68.8 Å². The van der Waals surface area contributed by atoms with E-state index in [-0.39, 0.29) is 12.2 Å². The van der Waals surface area contributed by atoms with Crippen molar-refractivity contribution in [1.29, 1.82) is 0 Å². The van der Waals surface area contributed by atoms with E-state index in [1.54, 1.807) is 51.1 Å². The number of ether oxygens (including phenoxy) is 4. The van der Waals surface area contributed by atoms with Crippen LogP contribution in [0.15, 0.2) is 85.1 Å². The Bertz CT molecular complexity index is 1710. The highest BCUT2D eigenvalue weighted by atomic mass is 35.5. The number of benzene rings is 3. The topological polar surface area (TPSA) is 129 Å². The van der Waals surface area contributed by atoms with Gasteiger partial charge in [0.1, 0.15) is 27.9 Å². The Morgan fingerprint density at radius 3 is 2.48 bits per heavy atom. The SMILES string of the molecule is CC(C)(C)OC(=O)Nc1cccc(Oc2cc(Nc3ccc(OCCCCc4ccc(C(=O)NOC5CCCCO5)cc4)cc3)ncc2Cl)c1. The van der Waals surface area contributed by atoms with Crippen LogP contribution in [0.4, 0.5) is 22.0 Å². The fourth-order valence-corrected chi connectivity index (χ4v) is 5.10. The molecule has 0 spiro atoms. The number of nitrogens with zero attached hydrogens (tertiary/aromatic N) is 1. The minimum Gasteiger partial charge on any atom is -0.494 e. The van der Waals surface area contributed by atoms with Gasteiger partial charge in [-0.3, -0.25) is 10.1 Å². The largest absolute Gasteiger partial charge is 0.494 e. The molecule has 2 heterocycles. The van der Waals surface area contributed by atoms with Crippen molar-refractivity contribution < 1.29 is 33.4 Å². The molecule has 3 aromatic carbocycles. The van der Waals surface area contributed by atoms with E-state index in [1.165, 1.54) is 6.20 Å². The maximum atomic E-state index is 12.4. The van der Waals surface area contributed by atoms with Crippen molar-refractivity contribution in [2.24, 2.45) is 0 Å². The van der Waals surface area contributed by atoms with Crippen molar-refractivity contribution >= 4 is 40.8 Å². The number of aromatic nitrogens is 1. The van der Waals surface area contributed by atoms with Crippen LogP contribution in [0.2, 0.25) is 5.02 Å². The summed E-state index contributed by atoms with van der Waals surface area (Å²) in [4.78, 5) is 34.3. The average Bonchev–Trinajstić information content (AvgIpc) is 3.09. The monoisotopic (exact) mass is 702 g/mol. The van der Waals surface area contributed by atoms with Gasteiger partial charge in [-0.05, 0) is 107 Å². The molecule has 1 fully saturated rings. The maximum Gasteiger partial charge on any atom is 0.412 e. The number of anilines is 3. The quantitative estimate of drug-likeness (QED) is 0.0870. The van der Waals surface area contributed by atoms with Gasteiger partial charge in [0.15, 0.2) is 12.0 Å². The lowest BCUT2D eigenvalue weighted by atomic mass is 10.1. The molecule has 12 heteroatoms. The highest BCUT2D eigenvalue weighted by molar-refractivity contribution is 6.32. The summed E-state index contributed by atoms with van der Waals surface area (Å²) in [6, 6.07) is 23.8. The lowest BCUT2D eigenvalue weighted by molar-refractivity contribution is -0.186. The number of carbonyl (C=O) groups excluding carboxylic acids is 2. The van der Waals surface area contributed by atoms with Gasteiger partial charge in [0.2, 0.25) is 0 Å². The molecule has 0 saturated carbocycles. The lowest BCUT2D eigenvalue weighted by Crippen LogP contribution is -2.33. The smallest absolute Gasteiger partial charge is 0.412 e. The Kier molecular flexibility index (Phi) is 12.9. The number of hydrogen-bond donors (Lipinski definition) is 3. The minimum absolute atomic E-state index is 0.280. The second kappa shape index (κ2) is 17.7. The standard InChI is InChI=1S/C38H43ClN4O7/c1-38(2,3)49-37(45)42-29-10-8-11-31(23-29)48-33-24-34(40-25-32(33)39)41-28-17-19-30(20-18-28)46-21-6-4-9-26-13-15-27(16-14-26)36(44)43-50-35-12-5-7-22-47-35/h8,10-11,13-20,23-25,35H,4-7,9,12,21-22H2,1-3H3,(H,40,41)(H,42,45)(H,43,44). The molecule has 1 aromatic heterocycles. The van der Waals surface area contributed by atoms with Gasteiger partial charge in [-0.25, -0.2) is 20.1 Å². The van der Waals surface area contributed by atoms with Gasteiger partial charge in [-0.2, -0.15) is 0 Å². The van der Waals surface area contributed by atoms with Crippen molar-refractivity contribution in [3.05, 3.63) is 101 Å². The number of nitrogens with one attached hydrogen (secondary N) is 3. The van der Waals surface area contributed by atoms with Crippen molar-refractivity contribution in [1.82, 2.24) is 10.5 Å². The van der Waals surface area contributed by atoms with Crippen LogP contribution in [-0.4, -0.2) is 42.1 Å². The van der Waals surface area contributed by atoms with E-state index in [4.69, 9.17) is 35.4 Å². The number of unbranched alkanes of at least 4 members (excludes halogenated alkanes) is 1. The number of pyridine rings is 1. The minimum atomic E-state index is -0.611. The number of rotatable bonds is 14. The molecule has 2 amide bonds. The Balaban J connectivity index is 1.03. The molecule has 0 radical (unpaired) electrons. The second-order valence-corrected chi connectivity index (χ2v) is 13.2. The van der Waals surface area contributed by atoms with Crippen molar-refractivity contribution in [3.63, 3.8) is 0 Å². The summed E-state index contributed by atoms with van der Waals surface area (Å²) in [7, 11) is 0. The van der Waals surface area contributed by atoms with Gasteiger partial charge in [0, 0.05) is 42.1 Å². The van der Waals surface area contributed by atoms with E-state index < -0.39 is 11.7 Å². The Hall–Kier alpha value is -4.84. The van der Waals surface area contributed by atoms with E-state index in [2.05, 4.69) is 21.1 Å². The van der Waals surface area contributed by atoms with Gasteiger partial charge in [0.05, 0.1) is 12.8 Å². The van der Waals surface area contributed by atoms with Gasteiger partial charge < -0.3 is 24.3 Å². The summed E-state index contributed by atoms with van der Waals surface area (Å²) in [5.41, 5.74) is 4.91. The first kappa shape index (κ1) is 36.4. The molecule has 264 valence electrons. The molecule has 1 atom stereocenters. The Morgan fingerprint density at radius 2 is 1.74 bits per heavy atom. The van der Waals surface area contributed by atoms with Gasteiger partial charge in [0.25, 0.3) is 5.91 Å². The summed E-state index contributed by atoms with van der Waals surface area (Å²) in [5.74, 6) is 1.90. The first-order chi connectivity index (χ1) is 24.1. The lowest BCUT2D eigenvalue weighted by Gasteiger charge is -2.22. The molecular formula is C38H43ClN4O7. The molecule has 0 bridgehead atoms. The summed E-state index contributed by atoms with van der Waals surface area (Å²) >= 11 is 6.38. The van der Waals surface area contributed by atoms with E-state index in [0.29, 0.717) is 46.8 Å². The fraction of sp³-hybridized carbons (Fsp3) is 0.342. The molecule has 0 aliphatic carbocycles. The molecule has 1 aliphatic rings. The van der Waals surface area contributed by atoms with E-state index in [9.17, 15) is 9.59 Å². The molecule has 1 aliphatic heterocycles. The number of hydroxylamine groups is 1. The molecule has 3 N–H and O–H groups in total. The first-order valence-corrected chi connectivity index (χ1v) is 17.1. The normalized spacial score (nSPS) is 14.4. The fourth-order valence-electron chi connectivity index (χ4n) is 4.96. The third kappa shape index (κ3) is 11.9. The van der Waals surface area contributed by atoms with Crippen LogP contribution in [0.3, 0.4) is 0 Å². The molecule has 4 aromatic rings. The molecular weight excluding hydrogens is 660 g/mol. The number of amides is 2. The van der Waals surface area contributed by atoms with Crippen LogP contribution >= 0.6 is 11.6 Å². The number of aryl methyl sites for hydroxylation is 1. The average molecular weight is 703 g/mol. The van der Waals surface area contributed by atoms with E-state index in [0.717, 1.165) is 55.5 Å². The summed E-state index contributed by atoms with van der Waals surface area (Å²) in [5, 5.41) is 6.29. The molecule has 5 rings (SSSR count). The van der Waals surface area contributed by atoms with Crippen LogP contribution in [0, 0.1) is 0 Å². The zero-order chi connectivity index (χ0) is 35.3. The number of carbonyl (C=O) groups is 2. The van der Waals surface area contributed by atoms with Crippen LogP contribution in [0.25, 0.3) is 0 Å². The predicted molar refractivity (Wildman–Crippen MR) is 192 cm³/mol. The summed E-state index contributed by atoms with van der Waals surface area (Å²) in [6.07, 6.45) is 6.13. The van der Waals surface area contributed by atoms with Gasteiger partial charge in [-0.15, -0.1) is 0 Å². The Labute approximate surface area is 297 Å². The van der Waals surface area contributed by atoms with Gasteiger partial charge >= 0.3 is 6.09 Å². The highest BCUT2D eigenvalue weighted by Crippen LogP contribution is 2.33. The van der Waals surface area contributed by atoms with Crippen molar-refractivity contribution in [2.45, 2.75) is 71.2 Å². The van der Waals surface area contributed by atoms with Crippen molar-refractivity contribution in [2.75, 3.05) is 23.8 Å². The number of hydrogen-bond acceptors (Lipinski definition) is 9. The van der Waals surface area contributed by atoms with Crippen LogP contribution in [0.5, 0.6) is 17.2 Å². The van der Waals surface area contributed by atoms with E-state index in [1.807, 2.05) is 48.5 Å². The summed E-state index contributed by atoms with van der Waals surface area (Å²) < 4.78 is 22.7. The molecule has 1 saturated heterocycles. The maximum absolute atomic E-state index is 12.4. The van der Waals surface area contributed by atoms with E-state index >= 15 is 0 Å². The molecule has 50 heavy (non-hydrogen) atoms. The summed E-state index contributed by atoms with van der Waals surface area (Å²) in [6.45, 7) is 6.64. The Morgan fingerprint density at radius 1 is 0.940 bits per heavy atom. The van der Waals surface area contributed by atoms with Crippen LogP contribution < -0.4 is 25.6 Å². The second-order valence-electron chi connectivity index (χ2n) is 12.8. The zero-order valence-corrected chi connectivity index (χ0v) is 29.3. The molecule has 1 unspecified atom stereocenters. The third-order valence-corrected chi connectivity index (χ3v) is 7.70. The predicted octanol–water partition coefficient (Wildman–Crippen LogP) is 9.21. The third-order valence-electron chi connectivity index (χ3n) is 7.42. The first-order valence-electron chi connectivity index (χ1n) is 16.7. The highest BCUT2D eigenvalue weighted by Gasteiger charge is 2.18. The number of halogens is 1. The zero-order valence-electron chi connectivity index (χ0n) is 28.5.